The Morgan fingerprint density at radius 3 is 2.10 bits per heavy atom. The van der Waals surface area contributed by atoms with Crippen molar-refractivity contribution in [1.29, 1.82) is 0 Å². The molecule has 0 aliphatic carbocycles. The molecule has 0 aliphatic rings. The molecule has 0 fully saturated rings. The number of esters is 1. The summed E-state index contributed by atoms with van der Waals surface area (Å²) in [6.45, 7) is -0.217. The molecule has 3 rings (SSSR count). The average Bonchev–Trinajstić information content (AvgIpc) is 2.81. The molecular formula is C24H22O6. The van der Waals surface area contributed by atoms with Crippen molar-refractivity contribution in [2.75, 3.05) is 20.8 Å². The van der Waals surface area contributed by atoms with Crippen molar-refractivity contribution < 1.29 is 28.5 Å². The molecule has 0 N–H and O–H groups in total. The maximum Gasteiger partial charge on any atom is 0.344 e. The Kier molecular flexibility index (Phi) is 7.05. The molecule has 0 atom stereocenters. The number of carbonyl (C=O) groups is 2. The number of carbonyl (C=O) groups excluding carboxylic acids is 2. The lowest BCUT2D eigenvalue weighted by Gasteiger charge is -2.11. The Hall–Kier alpha value is -3.80. The normalized spacial score (nSPS) is 10.2. The predicted octanol–water partition coefficient (Wildman–Crippen LogP) is 4.06. The Balaban J connectivity index is 1.52. The fourth-order valence-electron chi connectivity index (χ4n) is 2.80. The summed E-state index contributed by atoms with van der Waals surface area (Å²) in [5.41, 5.74) is 1.85. The fourth-order valence-corrected chi connectivity index (χ4v) is 2.80. The van der Waals surface area contributed by atoms with Gasteiger partial charge in [-0.05, 0) is 42.5 Å². The summed E-state index contributed by atoms with van der Waals surface area (Å²) in [5.74, 6) is 1.11. The van der Waals surface area contributed by atoms with Crippen LogP contribution in [-0.4, -0.2) is 32.6 Å². The van der Waals surface area contributed by atoms with Crippen molar-refractivity contribution in [2.24, 2.45) is 0 Å². The zero-order valence-corrected chi connectivity index (χ0v) is 16.8. The maximum absolute atomic E-state index is 12.4. The first kappa shape index (κ1) is 20.9. The summed E-state index contributed by atoms with van der Waals surface area (Å²) in [5, 5.41) is 0. The molecule has 0 aromatic heterocycles. The number of hydrogen-bond acceptors (Lipinski definition) is 6. The van der Waals surface area contributed by atoms with E-state index in [4.69, 9.17) is 18.9 Å². The molecule has 0 bridgehead atoms. The molecular weight excluding hydrogens is 384 g/mol. The molecule has 30 heavy (non-hydrogen) atoms. The van der Waals surface area contributed by atoms with Gasteiger partial charge in [0.25, 0.3) is 0 Å². The molecule has 0 unspecified atom stereocenters. The van der Waals surface area contributed by atoms with Crippen LogP contribution in [-0.2, 0) is 16.1 Å². The maximum atomic E-state index is 12.4. The van der Waals surface area contributed by atoms with E-state index in [1.807, 2.05) is 18.2 Å². The van der Waals surface area contributed by atoms with Gasteiger partial charge < -0.3 is 18.9 Å². The van der Waals surface area contributed by atoms with Crippen LogP contribution in [0.1, 0.15) is 21.5 Å². The minimum Gasteiger partial charge on any atom is -0.497 e. The monoisotopic (exact) mass is 406 g/mol. The van der Waals surface area contributed by atoms with E-state index >= 15 is 0 Å². The van der Waals surface area contributed by atoms with Crippen LogP contribution in [0.4, 0.5) is 0 Å². The van der Waals surface area contributed by atoms with Crippen LogP contribution >= 0.6 is 0 Å². The first-order chi connectivity index (χ1) is 14.6. The molecule has 0 heterocycles. The van der Waals surface area contributed by atoms with Crippen LogP contribution in [0.5, 0.6) is 17.2 Å². The van der Waals surface area contributed by atoms with E-state index in [2.05, 4.69) is 0 Å². The largest absolute Gasteiger partial charge is 0.497 e. The highest BCUT2D eigenvalue weighted by atomic mass is 16.6. The molecule has 0 aliphatic heterocycles. The summed E-state index contributed by atoms with van der Waals surface area (Å²) in [6, 6.07) is 20.9. The van der Waals surface area contributed by atoms with E-state index in [1.54, 1.807) is 68.8 Å². The molecule has 6 nitrogen and oxygen atoms in total. The average molecular weight is 406 g/mol. The van der Waals surface area contributed by atoms with Crippen LogP contribution < -0.4 is 14.2 Å². The molecule has 0 saturated heterocycles. The van der Waals surface area contributed by atoms with Gasteiger partial charge in [-0.15, -0.1) is 0 Å². The number of methoxy groups -OCH3 is 2. The summed E-state index contributed by atoms with van der Waals surface area (Å²) in [4.78, 5) is 24.4. The number of rotatable bonds is 9. The standard InChI is InChI=1S/C24H22O6/c1-27-21-12-13-22(28-2)19(14-21)15-30-23(25)16-29-20-10-8-18(9-11-20)24(26)17-6-4-3-5-7-17/h3-14H,15-16H2,1-2H3. The van der Waals surface area contributed by atoms with Crippen molar-refractivity contribution in [3.63, 3.8) is 0 Å². The van der Waals surface area contributed by atoms with Gasteiger partial charge in [0.2, 0.25) is 0 Å². The minimum atomic E-state index is -0.524. The van der Waals surface area contributed by atoms with Gasteiger partial charge >= 0.3 is 5.97 Å². The zero-order chi connectivity index (χ0) is 21.3. The second kappa shape index (κ2) is 10.1. The SMILES string of the molecule is COc1ccc(OC)c(COC(=O)COc2ccc(C(=O)c3ccccc3)cc2)c1. The quantitative estimate of drug-likeness (QED) is 0.394. The first-order valence-corrected chi connectivity index (χ1v) is 9.30. The van der Waals surface area contributed by atoms with Crippen LogP contribution in [0.25, 0.3) is 0 Å². The van der Waals surface area contributed by atoms with Crippen LogP contribution in [0, 0.1) is 0 Å². The Morgan fingerprint density at radius 2 is 1.43 bits per heavy atom. The first-order valence-electron chi connectivity index (χ1n) is 9.30. The van der Waals surface area contributed by atoms with Crippen molar-refractivity contribution in [3.05, 3.63) is 89.5 Å². The summed E-state index contributed by atoms with van der Waals surface area (Å²) >= 11 is 0. The molecule has 0 saturated carbocycles. The van der Waals surface area contributed by atoms with E-state index in [9.17, 15) is 9.59 Å². The van der Waals surface area contributed by atoms with Gasteiger partial charge in [0.15, 0.2) is 12.4 Å². The van der Waals surface area contributed by atoms with E-state index in [0.717, 1.165) is 0 Å². The summed E-state index contributed by atoms with van der Waals surface area (Å²) in [7, 11) is 3.10. The molecule has 154 valence electrons. The van der Waals surface area contributed by atoms with E-state index in [0.29, 0.717) is 33.9 Å². The molecule has 0 radical (unpaired) electrons. The van der Waals surface area contributed by atoms with Gasteiger partial charge in [0.05, 0.1) is 14.2 Å². The van der Waals surface area contributed by atoms with Crippen LogP contribution in [0.2, 0.25) is 0 Å². The van der Waals surface area contributed by atoms with Crippen molar-refractivity contribution in [3.8, 4) is 17.2 Å². The Labute approximate surface area is 175 Å². The molecule has 3 aromatic rings. The molecule has 6 heteroatoms. The van der Waals surface area contributed by atoms with Crippen molar-refractivity contribution in [2.45, 2.75) is 6.61 Å². The third-order valence-electron chi connectivity index (χ3n) is 4.39. The summed E-state index contributed by atoms with van der Waals surface area (Å²) < 4.78 is 21.2. The second-order valence-corrected chi connectivity index (χ2v) is 6.35. The molecule has 0 spiro atoms. The van der Waals surface area contributed by atoms with Gasteiger partial charge in [-0.3, -0.25) is 4.79 Å². The predicted molar refractivity (Wildman–Crippen MR) is 111 cm³/mol. The van der Waals surface area contributed by atoms with Gasteiger partial charge in [0.1, 0.15) is 23.9 Å². The smallest absolute Gasteiger partial charge is 0.344 e. The lowest BCUT2D eigenvalue weighted by molar-refractivity contribution is -0.147. The highest BCUT2D eigenvalue weighted by Gasteiger charge is 2.11. The number of hydrogen-bond donors (Lipinski definition) is 0. The topological polar surface area (TPSA) is 71.1 Å². The van der Waals surface area contributed by atoms with E-state index in [-0.39, 0.29) is 19.0 Å². The van der Waals surface area contributed by atoms with Gasteiger partial charge in [-0.25, -0.2) is 4.79 Å². The van der Waals surface area contributed by atoms with Crippen molar-refractivity contribution in [1.82, 2.24) is 0 Å². The Morgan fingerprint density at radius 1 is 0.767 bits per heavy atom. The number of benzene rings is 3. The second-order valence-electron chi connectivity index (χ2n) is 6.35. The van der Waals surface area contributed by atoms with Gasteiger partial charge in [-0.2, -0.15) is 0 Å². The number of ether oxygens (including phenoxy) is 4. The highest BCUT2D eigenvalue weighted by molar-refractivity contribution is 6.08. The molecule has 0 amide bonds. The van der Waals surface area contributed by atoms with Crippen molar-refractivity contribution >= 4 is 11.8 Å². The van der Waals surface area contributed by atoms with Gasteiger partial charge in [-0.1, -0.05) is 30.3 Å². The number of ketones is 1. The third-order valence-corrected chi connectivity index (χ3v) is 4.39. The van der Waals surface area contributed by atoms with Gasteiger partial charge in [0, 0.05) is 16.7 Å². The lowest BCUT2D eigenvalue weighted by Crippen LogP contribution is -2.15. The lowest BCUT2D eigenvalue weighted by atomic mass is 10.0. The van der Waals surface area contributed by atoms with Crippen LogP contribution in [0.15, 0.2) is 72.8 Å². The summed E-state index contributed by atoms with van der Waals surface area (Å²) in [6.07, 6.45) is 0. The highest BCUT2D eigenvalue weighted by Crippen LogP contribution is 2.24. The fraction of sp³-hybridized carbons (Fsp3) is 0.167. The molecule has 3 aromatic carbocycles. The van der Waals surface area contributed by atoms with E-state index < -0.39 is 5.97 Å². The van der Waals surface area contributed by atoms with E-state index in [1.165, 1.54) is 0 Å². The zero-order valence-electron chi connectivity index (χ0n) is 16.8. The van der Waals surface area contributed by atoms with Crippen LogP contribution in [0.3, 0.4) is 0 Å². The third kappa shape index (κ3) is 5.38. The Bertz CT molecular complexity index is 996. The minimum absolute atomic E-state index is 0.0348.